The molecule has 0 bridgehead atoms. The molecule has 9 heteroatoms. The van der Waals surface area contributed by atoms with E-state index >= 15 is 0 Å². The highest BCUT2D eigenvalue weighted by atomic mass is 79.9. The lowest BCUT2D eigenvalue weighted by atomic mass is 10.2. The van der Waals surface area contributed by atoms with Crippen LogP contribution >= 0.6 is 15.9 Å². The number of halogens is 1. The zero-order valence-electron chi connectivity index (χ0n) is 12.5. The van der Waals surface area contributed by atoms with Gasteiger partial charge in [-0.25, -0.2) is 8.42 Å². The van der Waals surface area contributed by atoms with Gasteiger partial charge in [0.2, 0.25) is 0 Å². The molecule has 7 nitrogen and oxygen atoms in total. The Morgan fingerprint density at radius 3 is 2.58 bits per heavy atom. The van der Waals surface area contributed by atoms with Gasteiger partial charge in [-0.3, -0.25) is 4.79 Å². The highest BCUT2D eigenvalue weighted by Crippen LogP contribution is 2.31. The number of anilines is 2. The molecule has 1 heterocycles. The molecule has 24 heavy (non-hydrogen) atoms. The minimum atomic E-state index is -3.81. The average Bonchev–Trinajstić information content (AvgIpc) is 2.55. The number of fused-ring (bicyclic) bond motifs is 1. The van der Waals surface area contributed by atoms with Gasteiger partial charge in [-0.05, 0) is 49.4 Å². The number of hydrazine groups is 1. The molecule has 1 aliphatic heterocycles. The van der Waals surface area contributed by atoms with E-state index in [1.165, 1.54) is 18.2 Å². The molecule has 1 amide bonds. The molecule has 1 atom stereocenters. The van der Waals surface area contributed by atoms with E-state index < -0.39 is 16.1 Å². The summed E-state index contributed by atoms with van der Waals surface area (Å²) < 4.78 is 31.0. The third kappa shape index (κ3) is 3.53. The smallest absolute Gasteiger partial charge is 0.265 e. The highest BCUT2D eigenvalue weighted by molar-refractivity contribution is 9.10. The molecular formula is C15H14BrN3O4S. The molecule has 0 saturated heterocycles. The van der Waals surface area contributed by atoms with Crippen molar-refractivity contribution < 1.29 is 17.9 Å². The first-order valence-corrected chi connectivity index (χ1v) is 9.28. The number of benzene rings is 2. The maximum Gasteiger partial charge on any atom is 0.265 e. The van der Waals surface area contributed by atoms with Crippen LogP contribution in [0, 0.1) is 0 Å². The van der Waals surface area contributed by atoms with Gasteiger partial charge in [0.1, 0.15) is 5.75 Å². The summed E-state index contributed by atoms with van der Waals surface area (Å²) in [5, 5.41) is 2.62. The molecule has 0 radical (unpaired) electrons. The molecule has 2 aromatic rings. The van der Waals surface area contributed by atoms with Crippen molar-refractivity contribution in [1.82, 2.24) is 4.83 Å². The molecule has 1 unspecified atom stereocenters. The number of nitrogens with one attached hydrogen (secondary N) is 3. The zero-order chi connectivity index (χ0) is 17.3. The van der Waals surface area contributed by atoms with Crippen molar-refractivity contribution in [2.45, 2.75) is 17.9 Å². The standard InChI is InChI=1S/C15H14BrN3O4S/c1-9-15(20)17-13-8-12(6-7-14(13)23-9)24(21,22)19-18-11-4-2-10(16)3-5-11/h2-9,18-19H,1H3,(H,17,20). The van der Waals surface area contributed by atoms with E-state index in [9.17, 15) is 13.2 Å². The van der Waals surface area contributed by atoms with Gasteiger partial charge in [0.25, 0.3) is 15.9 Å². The molecule has 0 aliphatic carbocycles. The molecule has 3 rings (SSSR count). The number of ether oxygens (including phenoxy) is 1. The summed E-state index contributed by atoms with van der Waals surface area (Å²) in [7, 11) is -3.81. The van der Waals surface area contributed by atoms with Crippen molar-refractivity contribution in [3.8, 4) is 5.75 Å². The fourth-order valence-electron chi connectivity index (χ4n) is 2.07. The van der Waals surface area contributed by atoms with E-state index in [2.05, 4.69) is 31.5 Å². The summed E-state index contributed by atoms with van der Waals surface area (Å²) >= 11 is 3.30. The van der Waals surface area contributed by atoms with Crippen molar-refractivity contribution >= 4 is 43.2 Å². The van der Waals surface area contributed by atoms with E-state index in [1.807, 2.05) is 0 Å². The van der Waals surface area contributed by atoms with Gasteiger partial charge in [0.05, 0.1) is 10.6 Å². The summed E-state index contributed by atoms with van der Waals surface area (Å²) in [6, 6.07) is 11.3. The van der Waals surface area contributed by atoms with Crippen LogP contribution in [0.15, 0.2) is 51.8 Å². The number of carbonyl (C=O) groups is 1. The number of hydrogen-bond donors (Lipinski definition) is 3. The second-order valence-corrected chi connectivity index (χ2v) is 7.74. The third-order valence-electron chi connectivity index (χ3n) is 3.37. The van der Waals surface area contributed by atoms with Crippen molar-refractivity contribution in [2.24, 2.45) is 0 Å². The Morgan fingerprint density at radius 2 is 1.88 bits per heavy atom. The third-order valence-corrected chi connectivity index (χ3v) is 5.14. The van der Waals surface area contributed by atoms with Gasteiger partial charge >= 0.3 is 0 Å². The monoisotopic (exact) mass is 411 g/mol. The Bertz CT molecular complexity index is 884. The van der Waals surface area contributed by atoms with E-state index in [0.717, 1.165) is 4.47 Å². The van der Waals surface area contributed by atoms with Gasteiger partial charge in [-0.1, -0.05) is 15.9 Å². The van der Waals surface area contributed by atoms with Crippen LogP contribution in [0.2, 0.25) is 0 Å². The number of rotatable bonds is 4. The number of hydrogen-bond acceptors (Lipinski definition) is 5. The summed E-state index contributed by atoms with van der Waals surface area (Å²) in [5.41, 5.74) is 3.54. The van der Waals surface area contributed by atoms with E-state index in [-0.39, 0.29) is 10.8 Å². The first-order chi connectivity index (χ1) is 11.3. The number of amides is 1. The fraction of sp³-hybridized carbons (Fsp3) is 0.133. The first kappa shape index (κ1) is 16.7. The topological polar surface area (TPSA) is 96.5 Å². The summed E-state index contributed by atoms with van der Waals surface area (Å²) in [5.74, 6) is 0.111. The van der Waals surface area contributed by atoms with Crippen LogP contribution in [0.5, 0.6) is 5.75 Å². The number of carbonyl (C=O) groups excluding carboxylic acids is 1. The van der Waals surface area contributed by atoms with Crippen molar-refractivity contribution in [1.29, 1.82) is 0 Å². The Labute approximate surface area is 147 Å². The van der Waals surface area contributed by atoms with Crippen LogP contribution in [-0.2, 0) is 14.8 Å². The predicted octanol–water partition coefficient (Wildman–Crippen LogP) is 2.47. The molecule has 0 aromatic heterocycles. The normalized spacial score (nSPS) is 16.8. The van der Waals surface area contributed by atoms with E-state index in [1.54, 1.807) is 31.2 Å². The molecular weight excluding hydrogens is 398 g/mol. The van der Waals surface area contributed by atoms with Crippen molar-refractivity contribution in [3.05, 3.63) is 46.9 Å². The highest BCUT2D eigenvalue weighted by Gasteiger charge is 2.25. The van der Waals surface area contributed by atoms with Crippen LogP contribution in [0.4, 0.5) is 11.4 Å². The summed E-state index contributed by atoms with van der Waals surface area (Å²) in [4.78, 5) is 13.9. The molecule has 0 saturated carbocycles. The van der Waals surface area contributed by atoms with Crippen LogP contribution in [0.1, 0.15) is 6.92 Å². The minimum Gasteiger partial charge on any atom is -0.479 e. The second kappa shape index (κ2) is 6.42. The lowest BCUT2D eigenvalue weighted by Gasteiger charge is -2.23. The van der Waals surface area contributed by atoms with E-state index in [0.29, 0.717) is 17.1 Å². The maximum absolute atomic E-state index is 12.4. The zero-order valence-corrected chi connectivity index (χ0v) is 14.9. The summed E-state index contributed by atoms with van der Waals surface area (Å²) in [6.45, 7) is 1.62. The van der Waals surface area contributed by atoms with E-state index in [4.69, 9.17) is 4.74 Å². The largest absolute Gasteiger partial charge is 0.479 e. The minimum absolute atomic E-state index is 0.00400. The SMILES string of the molecule is CC1Oc2ccc(S(=O)(=O)NNc3ccc(Br)cc3)cc2NC1=O. The Balaban J connectivity index is 1.78. The van der Waals surface area contributed by atoms with Crippen molar-refractivity contribution in [2.75, 3.05) is 10.7 Å². The quantitative estimate of drug-likeness (QED) is 0.671. The van der Waals surface area contributed by atoms with Crippen LogP contribution in [0.3, 0.4) is 0 Å². The van der Waals surface area contributed by atoms with Crippen molar-refractivity contribution in [3.63, 3.8) is 0 Å². The summed E-state index contributed by atoms with van der Waals surface area (Å²) in [6.07, 6.45) is -0.614. The number of sulfonamides is 1. The fourth-order valence-corrected chi connectivity index (χ4v) is 3.23. The van der Waals surface area contributed by atoms with Crippen LogP contribution in [-0.4, -0.2) is 20.4 Å². The first-order valence-electron chi connectivity index (χ1n) is 7.00. The van der Waals surface area contributed by atoms with Crippen LogP contribution < -0.4 is 20.3 Å². The molecule has 3 N–H and O–H groups in total. The predicted molar refractivity (Wildman–Crippen MR) is 93.2 cm³/mol. The van der Waals surface area contributed by atoms with Gasteiger partial charge in [0.15, 0.2) is 6.10 Å². The van der Waals surface area contributed by atoms with Crippen LogP contribution in [0.25, 0.3) is 0 Å². The van der Waals surface area contributed by atoms with Gasteiger partial charge in [0, 0.05) is 10.2 Å². The molecule has 2 aromatic carbocycles. The lowest BCUT2D eigenvalue weighted by molar-refractivity contribution is -0.122. The van der Waals surface area contributed by atoms with Gasteiger partial charge < -0.3 is 15.5 Å². The Hall–Kier alpha value is -2.10. The van der Waals surface area contributed by atoms with Gasteiger partial charge in [-0.2, -0.15) is 0 Å². The van der Waals surface area contributed by atoms with Gasteiger partial charge in [-0.15, -0.1) is 4.83 Å². The molecule has 1 aliphatic rings. The Morgan fingerprint density at radius 1 is 1.17 bits per heavy atom. The maximum atomic E-state index is 12.4. The molecule has 126 valence electrons. The second-order valence-electron chi connectivity index (χ2n) is 5.14. The molecule has 0 fully saturated rings. The Kier molecular flexibility index (Phi) is 4.48. The average molecular weight is 412 g/mol. The lowest BCUT2D eigenvalue weighted by Crippen LogP contribution is -2.35. The molecule has 0 spiro atoms.